The molecule has 3 rings (SSSR count). The van der Waals surface area contributed by atoms with Crippen LogP contribution in [0.1, 0.15) is 35.4 Å². The number of imidazole rings is 1. The fourth-order valence-corrected chi connectivity index (χ4v) is 3.20. The summed E-state index contributed by atoms with van der Waals surface area (Å²) in [4.78, 5) is 14.6. The number of nitrogens with zero attached hydrogens (tertiary/aromatic N) is 3. The van der Waals surface area contributed by atoms with Gasteiger partial charge in [0.15, 0.2) is 0 Å². The van der Waals surface area contributed by atoms with E-state index in [1.807, 2.05) is 26.8 Å². The lowest BCUT2D eigenvalue weighted by Gasteiger charge is -2.26. The molecule has 1 fully saturated rings. The van der Waals surface area contributed by atoms with Gasteiger partial charge in [0.05, 0.1) is 34.2 Å². The summed E-state index contributed by atoms with van der Waals surface area (Å²) >= 11 is 6.48. The van der Waals surface area contributed by atoms with Gasteiger partial charge in [-0.15, -0.1) is 0 Å². The van der Waals surface area contributed by atoms with E-state index in [4.69, 9.17) is 16.3 Å². The molecule has 0 saturated carbocycles. The van der Waals surface area contributed by atoms with E-state index in [2.05, 4.69) is 19.9 Å². The van der Waals surface area contributed by atoms with Crippen LogP contribution in [0.5, 0.6) is 0 Å². The summed E-state index contributed by atoms with van der Waals surface area (Å²) in [6.45, 7) is 6.78. The molecule has 0 spiro atoms. The number of aromatic amines is 1. The third kappa shape index (κ3) is 2.59. The fraction of sp³-hybridized carbons (Fsp3) is 0.500. The molecule has 5 nitrogen and oxygen atoms in total. The maximum Gasteiger partial charge on any atom is 0.129 e. The Kier molecular flexibility index (Phi) is 4.10. The monoisotopic (exact) mass is 320 g/mol. The average Bonchev–Trinajstić information content (AvgIpc) is 3.06. The van der Waals surface area contributed by atoms with Crippen LogP contribution in [0.4, 0.5) is 5.69 Å². The number of H-pyrrole nitrogens is 1. The Labute approximate surface area is 135 Å². The quantitative estimate of drug-likeness (QED) is 0.942. The van der Waals surface area contributed by atoms with Gasteiger partial charge in [-0.25, -0.2) is 4.98 Å². The minimum absolute atomic E-state index is 0.136. The second kappa shape index (κ2) is 5.89. The highest BCUT2D eigenvalue weighted by molar-refractivity contribution is 6.33. The zero-order valence-electron chi connectivity index (χ0n) is 13.4. The van der Waals surface area contributed by atoms with Crippen LogP contribution in [0.15, 0.2) is 12.3 Å². The van der Waals surface area contributed by atoms with Gasteiger partial charge < -0.3 is 14.6 Å². The van der Waals surface area contributed by atoms with E-state index in [1.165, 1.54) is 0 Å². The van der Waals surface area contributed by atoms with E-state index in [9.17, 15) is 0 Å². The third-order valence-corrected chi connectivity index (χ3v) is 4.88. The molecule has 22 heavy (non-hydrogen) atoms. The number of pyridine rings is 1. The first-order valence-electron chi connectivity index (χ1n) is 7.45. The first kappa shape index (κ1) is 15.3. The highest BCUT2D eigenvalue weighted by Gasteiger charge is 2.36. The molecule has 2 aromatic rings. The van der Waals surface area contributed by atoms with Crippen molar-refractivity contribution in [2.24, 2.45) is 0 Å². The molecule has 1 aliphatic rings. The molecule has 0 aromatic carbocycles. The number of halogens is 1. The van der Waals surface area contributed by atoms with Crippen molar-refractivity contribution in [1.82, 2.24) is 15.0 Å². The Morgan fingerprint density at radius 3 is 2.73 bits per heavy atom. The van der Waals surface area contributed by atoms with Gasteiger partial charge in [0, 0.05) is 32.0 Å². The summed E-state index contributed by atoms with van der Waals surface area (Å²) in [6, 6.07) is 2.10. The summed E-state index contributed by atoms with van der Waals surface area (Å²) in [6.07, 6.45) is 2.85. The maximum atomic E-state index is 6.48. The molecule has 3 heterocycles. The fourth-order valence-electron chi connectivity index (χ4n) is 2.98. The van der Waals surface area contributed by atoms with Gasteiger partial charge in [-0.2, -0.15) is 0 Å². The Balaban J connectivity index is 2.01. The Morgan fingerprint density at radius 2 is 2.09 bits per heavy atom. The predicted molar refractivity (Wildman–Crippen MR) is 87.5 cm³/mol. The number of aromatic nitrogens is 3. The predicted octanol–water partition coefficient (Wildman–Crippen LogP) is 3.35. The molecule has 0 unspecified atom stereocenters. The number of rotatable bonds is 3. The summed E-state index contributed by atoms with van der Waals surface area (Å²) in [7, 11) is 1.75. The molecule has 0 amide bonds. The molecule has 2 aromatic heterocycles. The second-order valence-electron chi connectivity index (χ2n) is 5.82. The van der Waals surface area contributed by atoms with Crippen molar-refractivity contribution in [3.8, 4) is 0 Å². The Bertz CT molecular complexity index is 665. The van der Waals surface area contributed by atoms with Crippen molar-refractivity contribution in [2.75, 3.05) is 18.6 Å². The highest BCUT2D eigenvalue weighted by atomic mass is 35.5. The SMILES string of the molecule is CO[C@@H]1C[C@@H](c2nc(C)c(C)[nH]2)N(c2ccnc(C)c2Cl)C1. The van der Waals surface area contributed by atoms with Crippen LogP contribution in [0.3, 0.4) is 0 Å². The van der Waals surface area contributed by atoms with E-state index in [-0.39, 0.29) is 12.1 Å². The van der Waals surface area contributed by atoms with Crippen LogP contribution in [0.2, 0.25) is 5.02 Å². The van der Waals surface area contributed by atoms with E-state index in [1.54, 1.807) is 13.3 Å². The molecular weight excluding hydrogens is 300 g/mol. The topological polar surface area (TPSA) is 54.0 Å². The molecule has 0 bridgehead atoms. The minimum atomic E-state index is 0.136. The van der Waals surface area contributed by atoms with Gasteiger partial charge in [0.2, 0.25) is 0 Å². The van der Waals surface area contributed by atoms with E-state index in [0.29, 0.717) is 5.02 Å². The summed E-state index contributed by atoms with van der Waals surface area (Å²) < 4.78 is 5.58. The number of hydrogen-bond acceptors (Lipinski definition) is 4. The summed E-state index contributed by atoms with van der Waals surface area (Å²) in [5.74, 6) is 0.972. The summed E-state index contributed by atoms with van der Waals surface area (Å²) in [5, 5.41) is 0.698. The minimum Gasteiger partial charge on any atom is -0.380 e. The molecule has 0 aliphatic carbocycles. The van der Waals surface area contributed by atoms with Crippen molar-refractivity contribution in [1.29, 1.82) is 0 Å². The van der Waals surface area contributed by atoms with Gasteiger partial charge in [-0.1, -0.05) is 11.6 Å². The first-order chi connectivity index (χ1) is 10.5. The van der Waals surface area contributed by atoms with Crippen molar-refractivity contribution in [2.45, 2.75) is 39.3 Å². The van der Waals surface area contributed by atoms with Crippen LogP contribution in [0.25, 0.3) is 0 Å². The van der Waals surface area contributed by atoms with Crippen LogP contribution in [-0.4, -0.2) is 34.7 Å². The van der Waals surface area contributed by atoms with E-state index < -0.39 is 0 Å². The van der Waals surface area contributed by atoms with E-state index in [0.717, 1.165) is 41.6 Å². The average molecular weight is 321 g/mol. The molecule has 1 N–H and O–H groups in total. The van der Waals surface area contributed by atoms with Gasteiger partial charge in [-0.3, -0.25) is 4.98 Å². The van der Waals surface area contributed by atoms with Crippen molar-refractivity contribution in [3.05, 3.63) is 40.2 Å². The molecule has 1 aliphatic heterocycles. The number of nitrogens with one attached hydrogen (secondary N) is 1. The van der Waals surface area contributed by atoms with Gasteiger partial charge in [0.1, 0.15) is 5.82 Å². The summed E-state index contributed by atoms with van der Waals surface area (Å²) in [5.41, 5.74) is 3.97. The number of hydrogen-bond donors (Lipinski definition) is 1. The molecule has 6 heteroatoms. The van der Waals surface area contributed by atoms with Crippen LogP contribution >= 0.6 is 11.6 Å². The lowest BCUT2D eigenvalue weighted by atomic mass is 10.2. The zero-order chi connectivity index (χ0) is 15.9. The molecule has 2 atom stereocenters. The van der Waals surface area contributed by atoms with Crippen molar-refractivity contribution >= 4 is 17.3 Å². The van der Waals surface area contributed by atoms with Crippen molar-refractivity contribution in [3.63, 3.8) is 0 Å². The highest BCUT2D eigenvalue weighted by Crippen LogP contribution is 2.39. The third-order valence-electron chi connectivity index (χ3n) is 4.41. The largest absolute Gasteiger partial charge is 0.380 e. The molecular formula is C16H21ClN4O. The zero-order valence-corrected chi connectivity index (χ0v) is 14.1. The van der Waals surface area contributed by atoms with Crippen LogP contribution in [0, 0.1) is 20.8 Å². The second-order valence-corrected chi connectivity index (χ2v) is 6.20. The standard InChI is InChI=1S/C16H21ClN4O/c1-9-10(2)20-16(19-9)14-7-12(22-4)8-21(14)13-5-6-18-11(3)15(13)17/h5-6,12,14H,7-8H2,1-4H3,(H,19,20)/t12-,14+/m1/s1. The smallest absolute Gasteiger partial charge is 0.129 e. The first-order valence-corrected chi connectivity index (χ1v) is 7.82. The Hall–Kier alpha value is -1.59. The van der Waals surface area contributed by atoms with Gasteiger partial charge in [-0.05, 0) is 26.8 Å². The van der Waals surface area contributed by atoms with Gasteiger partial charge >= 0.3 is 0 Å². The number of anilines is 1. The van der Waals surface area contributed by atoms with E-state index >= 15 is 0 Å². The van der Waals surface area contributed by atoms with Crippen LogP contribution in [-0.2, 0) is 4.74 Å². The molecule has 1 saturated heterocycles. The number of ether oxygens (including phenoxy) is 1. The lowest BCUT2D eigenvalue weighted by Crippen LogP contribution is -2.26. The molecule has 118 valence electrons. The van der Waals surface area contributed by atoms with Gasteiger partial charge in [0.25, 0.3) is 0 Å². The number of aryl methyl sites for hydroxylation is 3. The normalized spacial score (nSPS) is 21.6. The number of methoxy groups -OCH3 is 1. The molecule has 0 radical (unpaired) electrons. The van der Waals surface area contributed by atoms with Crippen molar-refractivity contribution < 1.29 is 4.74 Å². The maximum absolute atomic E-state index is 6.48. The van der Waals surface area contributed by atoms with Crippen LogP contribution < -0.4 is 4.90 Å². The Morgan fingerprint density at radius 1 is 1.32 bits per heavy atom. The lowest BCUT2D eigenvalue weighted by molar-refractivity contribution is 0.118.